The minimum atomic E-state index is -3.98. The van der Waals surface area contributed by atoms with E-state index in [9.17, 15) is 13.2 Å². The van der Waals surface area contributed by atoms with E-state index in [1.165, 1.54) is 0 Å². The smallest absolute Gasteiger partial charge is 0.400 e. The van der Waals surface area contributed by atoms with Gasteiger partial charge in [-0.25, -0.2) is 13.2 Å². The van der Waals surface area contributed by atoms with Gasteiger partial charge in [-0.3, -0.25) is 0 Å². The lowest BCUT2D eigenvalue weighted by Crippen LogP contribution is -2.29. The highest BCUT2D eigenvalue weighted by atomic mass is 32.3. The summed E-state index contributed by atoms with van der Waals surface area (Å²) in [5.41, 5.74) is -0.585. The van der Waals surface area contributed by atoms with Crippen LogP contribution in [-0.4, -0.2) is 33.2 Å². The van der Waals surface area contributed by atoms with Gasteiger partial charge in [0.05, 0.1) is 18.8 Å². The molecule has 0 rings (SSSR count). The lowest BCUT2D eigenvalue weighted by Gasteiger charge is -2.23. The summed E-state index contributed by atoms with van der Waals surface area (Å²) < 4.78 is 37.0. The average molecular weight is 294 g/mol. The third-order valence-corrected chi connectivity index (χ3v) is 3.27. The lowest BCUT2D eigenvalue weighted by molar-refractivity contribution is -0.139. The van der Waals surface area contributed by atoms with Crippen LogP contribution in [0, 0.1) is 0 Å². The Kier molecular flexibility index (Phi) is 7.25. The van der Waals surface area contributed by atoms with Gasteiger partial charge in [-0.2, -0.15) is 8.42 Å². The van der Waals surface area contributed by atoms with Crippen molar-refractivity contribution in [2.75, 3.05) is 13.2 Å². The molecule has 0 aliphatic heterocycles. The summed E-state index contributed by atoms with van der Waals surface area (Å²) >= 11 is 0. The van der Waals surface area contributed by atoms with Crippen molar-refractivity contribution in [3.8, 4) is 0 Å². The Morgan fingerprint density at radius 1 is 1.32 bits per heavy atom. The largest absolute Gasteiger partial charge is 0.462 e. The second kappa shape index (κ2) is 7.62. The topological polar surface area (TPSA) is 78.9 Å². The summed E-state index contributed by atoms with van der Waals surface area (Å²) in [6, 6.07) is 0. The Morgan fingerprint density at radius 2 is 1.89 bits per heavy atom. The van der Waals surface area contributed by atoms with Crippen molar-refractivity contribution >= 4 is 16.4 Å². The molecule has 0 aromatic heterocycles. The number of esters is 1. The van der Waals surface area contributed by atoms with Crippen molar-refractivity contribution in [1.29, 1.82) is 0 Å². The molecule has 0 aromatic carbocycles. The Hall–Kier alpha value is -0.920. The summed E-state index contributed by atoms with van der Waals surface area (Å²) in [7, 11) is -3.98. The average Bonchev–Trinajstić information content (AvgIpc) is 2.21. The van der Waals surface area contributed by atoms with Gasteiger partial charge >= 0.3 is 16.4 Å². The van der Waals surface area contributed by atoms with E-state index >= 15 is 0 Å². The van der Waals surface area contributed by atoms with Gasteiger partial charge in [0.25, 0.3) is 0 Å². The van der Waals surface area contributed by atoms with Crippen molar-refractivity contribution < 1.29 is 26.3 Å². The van der Waals surface area contributed by atoms with Crippen LogP contribution < -0.4 is 0 Å². The van der Waals surface area contributed by atoms with Crippen LogP contribution in [0.1, 0.15) is 40.5 Å². The number of ether oxygens (including phenoxy) is 1. The van der Waals surface area contributed by atoms with E-state index in [0.29, 0.717) is 18.4 Å². The van der Waals surface area contributed by atoms with Gasteiger partial charge in [-0.05, 0) is 40.5 Å². The van der Waals surface area contributed by atoms with E-state index in [1.807, 2.05) is 0 Å². The molecule has 0 heterocycles. The number of rotatable bonds is 9. The molecule has 112 valence electrons. The van der Waals surface area contributed by atoms with E-state index in [-0.39, 0.29) is 13.2 Å². The van der Waals surface area contributed by atoms with Crippen LogP contribution in [0.5, 0.6) is 0 Å². The third kappa shape index (κ3) is 8.74. The van der Waals surface area contributed by atoms with Gasteiger partial charge in [-0.15, -0.1) is 0 Å². The summed E-state index contributed by atoms with van der Waals surface area (Å²) in [6.07, 6.45) is 0.885. The van der Waals surface area contributed by atoms with Crippen molar-refractivity contribution in [3.05, 3.63) is 12.2 Å². The Balaban J connectivity index is 4.11. The SMILES string of the molecule is C=C(C)C(=O)OCCCC(C)(C)OS(=O)(=O)OCC. The molecule has 0 bridgehead atoms. The molecule has 0 radical (unpaired) electrons. The van der Waals surface area contributed by atoms with Crippen molar-refractivity contribution in [3.63, 3.8) is 0 Å². The molecule has 6 nitrogen and oxygen atoms in total. The minimum absolute atomic E-state index is 0.0225. The van der Waals surface area contributed by atoms with Crippen molar-refractivity contribution in [1.82, 2.24) is 0 Å². The molecule has 0 aliphatic carbocycles. The normalized spacial score (nSPS) is 12.2. The van der Waals surface area contributed by atoms with E-state index in [4.69, 9.17) is 8.92 Å². The first-order chi connectivity index (χ1) is 8.59. The maximum absolute atomic E-state index is 11.3. The Bertz CT molecular complexity index is 410. The zero-order valence-electron chi connectivity index (χ0n) is 11.9. The predicted octanol–water partition coefficient (Wildman–Crippen LogP) is 1.96. The fourth-order valence-electron chi connectivity index (χ4n) is 1.27. The fraction of sp³-hybridized carbons (Fsp3) is 0.750. The molecule has 0 N–H and O–H groups in total. The van der Waals surface area contributed by atoms with E-state index in [2.05, 4.69) is 10.8 Å². The van der Waals surface area contributed by atoms with Crippen LogP contribution in [0.15, 0.2) is 12.2 Å². The lowest BCUT2D eigenvalue weighted by atomic mass is 10.0. The Labute approximate surface area is 115 Å². The summed E-state index contributed by atoms with van der Waals surface area (Å²) in [5.74, 6) is -0.458. The zero-order valence-corrected chi connectivity index (χ0v) is 12.7. The molecule has 0 aromatic rings. The van der Waals surface area contributed by atoms with Crippen LogP contribution in [0.25, 0.3) is 0 Å². The molecule has 0 spiro atoms. The monoisotopic (exact) mass is 294 g/mol. The van der Waals surface area contributed by atoms with Crippen LogP contribution in [-0.2, 0) is 28.3 Å². The molecule has 0 atom stereocenters. The van der Waals surface area contributed by atoms with Crippen LogP contribution in [0.3, 0.4) is 0 Å². The maximum atomic E-state index is 11.3. The first-order valence-corrected chi connectivity index (χ1v) is 7.35. The first-order valence-electron chi connectivity index (χ1n) is 6.02. The minimum Gasteiger partial charge on any atom is -0.462 e. The highest BCUT2D eigenvalue weighted by Gasteiger charge is 2.27. The second-order valence-corrected chi connectivity index (χ2v) is 5.90. The Morgan fingerprint density at radius 3 is 2.37 bits per heavy atom. The summed E-state index contributed by atoms with van der Waals surface area (Å²) in [5, 5.41) is 0. The predicted molar refractivity (Wildman–Crippen MR) is 70.7 cm³/mol. The van der Waals surface area contributed by atoms with Gasteiger partial charge in [0.1, 0.15) is 0 Å². The van der Waals surface area contributed by atoms with E-state index < -0.39 is 22.0 Å². The van der Waals surface area contributed by atoms with Crippen LogP contribution in [0.2, 0.25) is 0 Å². The standard InChI is InChI=1S/C12H22O6S/c1-6-17-19(14,15)18-12(4,5)8-7-9-16-11(13)10(2)3/h2,6-9H2,1,3-5H3. The quantitative estimate of drug-likeness (QED) is 0.367. The highest BCUT2D eigenvalue weighted by molar-refractivity contribution is 7.81. The molecule has 0 saturated carbocycles. The fourth-order valence-corrected chi connectivity index (χ4v) is 2.25. The molecule has 0 saturated heterocycles. The zero-order chi connectivity index (χ0) is 15.1. The number of hydrogen-bond donors (Lipinski definition) is 0. The van der Waals surface area contributed by atoms with Gasteiger partial charge < -0.3 is 4.74 Å². The number of carbonyl (C=O) groups is 1. The molecular weight excluding hydrogens is 272 g/mol. The number of hydrogen-bond acceptors (Lipinski definition) is 6. The molecular formula is C12H22O6S. The van der Waals surface area contributed by atoms with E-state index in [1.54, 1.807) is 27.7 Å². The first kappa shape index (κ1) is 18.1. The summed E-state index contributed by atoms with van der Waals surface area (Å²) in [6.45, 7) is 10.0. The van der Waals surface area contributed by atoms with E-state index in [0.717, 1.165) is 0 Å². The molecule has 19 heavy (non-hydrogen) atoms. The second-order valence-electron chi connectivity index (χ2n) is 4.68. The van der Waals surface area contributed by atoms with Crippen molar-refractivity contribution in [2.24, 2.45) is 0 Å². The maximum Gasteiger partial charge on any atom is 0.400 e. The molecule has 7 heteroatoms. The van der Waals surface area contributed by atoms with Crippen LogP contribution in [0.4, 0.5) is 0 Å². The van der Waals surface area contributed by atoms with Crippen molar-refractivity contribution in [2.45, 2.75) is 46.1 Å². The summed E-state index contributed by atoms with van der Waals surface area (Å²) in [4.78, 5) is 11.1. The van der Waals surface area contributed by atoms with Gasteiger partial charge in [0.2, 0.25) is 0 Å². The van der Waals surface area contributed by atoms with Crippen LogP contribution >= 0.6 is 0 Å². The number of carbonyl (C=O) groups excluding carboxylic acids is 1. The van der Waals surface area contributed by atoms with Gasteiger partial charge in [-0.1, -0.05) is 6.58 Å². The molecule has 0 amide bonds. The molecule has 0 unspecified atom stereocenters. The van der Waals surface area contributed by atoms with Gasteiger partial charge in [0, 0.05) is 5.57 Å². The van der Waals surface area contributed by atoms with Gasteiger partial charge in [0.15, 0.2) is 0 Å². The molecule has 0 aliphatic rings. The third-order valence-electron chi connectivity index (χ3n) is 2.09. The molecule has 0 fully saturated rings. The highest BCUT2D eigenvalue weighted by Crippen LogP contribution is 2.20.